The van der Waals surface area contributed by atoms with E-state index in [1.165, 1.54) is 0 Å². The first-order chi connectivity index (χ1) is 5.77. The zero-order valence-electron chi connectivity index (χ0n) is 7.24. The first kappa shape index (κ1) is 9.39. The Kier molecular flexibility index (Phi) is 3.41. The van der Waals surface area contributed by atoms with E-state index in [-0.39, 0.29) is 5.25 Å². The Morgan fingerprint density at radius 2 is 2.50 bits per heavy atom. The molecule has 1 aromatic rings. The van der Waals surface area contributed by atoms with E-state index in [4.69, 9.17) is 4.42 Å². The molecule has 1 rings (SSSR count). The molecule has 2 nitrogen and oxygen atoms in total. The fourth-order valence-corrected chi connectivity index (χ4v) is 1.76. The fraction of sp³-hybridized carbons (Fsp3) is 0.444. The largest absolute Gasteiger partial charge is 0.468 e. The summed E-state index contributed by atoms with van der Waals surface area (Å²) >= 11 is 1.56. The van der Waals surface area contributed by atoms with Crippen molar-refractivity contribution in [2.45, 2.75) is 30.4 Å². The highest BCUT2D eigenvalue weighted by Crippen LogP contribution is 2.27. The predicted molar refractivity (Wildman–Crippen MR) is 49.4 cm³/mol. The van der Waals surface area contributed by atoms with Gasteiger partial charge in [-0.05, 0) is 19.4 Å². The molecule has 1 heterocycles. The molecule has 0 spiro atoms. The lowest BCUT2D eigenvalue weighted by atomic mass is 10.4. The average molecular weight is 184 g/mol. The number of carbonyl (C=O) groups excluding carboxylic acids is 1. The van der Waals surface area contributed by atoms with Gasteiger partial charge in [0.05, 0.1) is 11.5 Å². The second-order valence-electron chi connectivity index (χ2n) is 2.54. The van der Waals surface area contributed by atoms with Crippen LogP contribution in [-0.2, 0) is 4.79 Å². The van der Waals surface area contributed by atoms with Gasteiger partial charge in [0.1, 0.15) is 12.0 Å². The van der Waals surface area contributed by atoms with Crippen LogP contribution in [0.15, 0.2) is 21.6 Å². The quantitative estimate of drug-likeness (QED) is 0.532. The van der Waals surface area contributed by atoms with Crippen molar-refractivity contribution in [3.63, 3.8) is 0 Å². The SMILES string of the molecule is CCC(C=O)Sc1ccoc1C. The topological polar surface area (TPSA) is 30.2 Å². The van der Waals surface area contributed by atoms with Crippen molar-refractivity contribution in [3.05, 3.63) is 18.1 Å². The number of thioether (sulfide) groups is 1. The molecular weight excluding hydrogens is 172 g/mol. The van der Waals surface area contributed by atoms with E-state index >= 15 is 0 Å². The Labute approximate surface area is 76.3 Å². The van der Waals surface area contributed by atoms with Crippen LogP contribution in [0.25, 0.3) is 0 Å². The summed E-state index contributed by atoms with van der Waals surface area (Å²) < 4.78 is 5.12. The smallest absolute Gasteiger partial charge is 0.133 e. The van der Waals surface area contributed by atoms with Gasteiger partial charge in [-0.1, -0.05) is 6.92 Å². The molecule has 0 aromatic carbocycles. The van der Waals surface area contributed by atoms with Gasteiger partial charge in [0.25, 0.3) is 0 Å². The second-order valence-corrected chi connectivity index (χ2v) is 3.82. The third-order valence-corrected chi connectivity index (χ3v) is 3.07. The highest BCUT2D eigenvalue weighted by Gasteiger charge is 2.09. The van der Waals surface area contributed by atoms with E-state index in [9.17, 15) is 4.79 Å². The highest BCUT2D eigenvalue weighted by atomic mass is 32.2. The summed E-state index contributed by atoms with van der Waals surface area (Å²) in [4.78, 5) is 11.6. The summed E-state index contributed by atoms with van der Waals surface area (Å²) in [5.41, 5.74) is 0. The number of aryl methyl sites for hydroxylation is 1. The van der Waals surface area contributed by atoms with Gasteiger partial charge in [-0.2, -0.15) is 0 Å². The summed E-state index contributed by atoms with van der Waals surface area (Å²) in [7, 11) is 0. The normalized spacial score (nSPS) is 12.8. The van der Waals surface area contributed by atoms with Gasteiger partial charge in [0.15, 0.2) is 0 Å². The number of aldehydes is 1. The number of carbonyl (C=O) groups is 1. The van der Waals surface area contributed by atoms with Crippen LogP contribution < -0.4 is 0 Å². The lowest BCUT2D eigenvalue weighted by molar-refractivity contribution is -0.107. The number of furan rings is 1. The Morgan fingerprint density at radius 3 is 2.92 bits per heavy atom. The molecule has 0 aliphatic carbocycles. The van der Waals surface area contributed by atoms with E-state index in [1.807, 2.05) is 19.9 Å². The summed E-state index contributed by atoms with van der Waals surface area (Å²) in [6.45, 7) is 3.90. The monoisotopic (exact) mass is 184 g/mol. The molecular formula is C9H12O2S. The Hall–Kier alpha value is -0.700. The number of rotatable bonds is 4. The van der Waals surface area contributed by atoms with Crippen molar-refractivity contribution in [2.24, 2.45) is 0 Å². The highest BCUT2D eigenvalue weighted by molar-refractivity contribution is 8.00. The van der Waals surface area contributed by atoms with Gasteiger partial charge in [-0.25, -0.2) is 0 Å². The lowest BCUT2D eigenvalue weighted by Gasteiger charge is -2.04. The summed E-state index contributed by atoms with van der Waals surface area (Å²) in [6, 6.07) is 1.90. The van der Waals surface area contributed by atoms with E-state index in [0.717, 1.165) is 23.4 Å². The minimum absolute atomic E-state index is 0.0568. The van der Waals surface area contributed by atoms with Crippen molar-refractivity contribution in [2.75, 3.05) is 0 Å². The van der Waals surface area contributed by atoms with Gasteiger partial charge < -0.3 is 9.21 Å². The van der Waals surface area contributed by atoms with Gasteiger partial charge in [-0.3, -0.25) is 0 Å². The van der Waals surface area contributed by atoms with Crippen molar-refractivity contribution in [1.82, 2.24) is 0 Å². The fourth-order valence-electron chi connectivity index (χ4n) is 0.866. The molecule has 1 aromatic heterocycles. The van der Waals surface area contributed by atoms with E-state index < -0.39 is 0 Å². The van der Waals surface area contributed by atoms with Crippen LogP contribution >= 0.6 is 11.8 Å². The molecule has 0 bridgehead atoms. The molecule has 66 valence electrons. The molecule has 3 heteroatoms. The standard InChI is InChI=1S/C9H12O2S/c1-3-8(6-10)12-9-4-5-11-7(9)2/h4-6,8H,3H2,1-2H3. The maximum Gasteiger partial charge on any atom is 0.133 e. The Morgan fingerprint density at radius 1 is 1.75 bits per heavy atom. The third-order valence-electron chi connectivity index (χ3n) is 1.64. The third kappa shape index (κ3) is 2.14. The lowest BCUT2D eigenvalue weighted by Crippen LogP contribution is -2.00. The van der Waals surface area contributed by atoms with E-state index in [2.05, 4.69) is 0 Å². The van der Waals surface area contributed by atoms with Crippen LogP contribution in [0, 0.1) is 6.92 Å². The second kappa shape index (κ2) is 4.36. The number of hydrogen-bond acceptors (Lipinski definition) is 3. The molecule has 1 unspecified atom stereocenters. The molecule has 0 aliphatic rings. The van der Waals surface area contributed by atoms with Gasteiger partial charge in [0, 0.05) is 4.90 Å². The molecule has 0 radical (unpaired) electrons. The zero-order chi connectivity index (χ0) is 8.97. The first-order valence-corrected chi connectivity index (χ1v) is 4.82. The molecule has 1 atom stereocenters. The van der Waals surface area contributed by atoms with Crippen LogP contribution in [0.1, 0.15) is 19.1 Å². The molecule has 0 saturated carbocycles. The van der Waals surface area contributed by atoms with Gasteiger partial charge >= 0.3 is 0 Å². The first-order valence-electron chi connectivity index (χ1n) is 3.94. The van der Waals surface area contributed by atoms with Crippen LogP contribution in [0.4, 0.5) is 0 Å². The molecule has 0 amide bonds. The van der Waals surface area contributed by atoms with Crippen molar-refractivity contribution < 1.29 is 9.21 Å². The minimum atomic E-state index is 0.0568. The van der Waals surface area contributed by atoms with Gasteiger partial charge in [0.2, 0.25) is 0 Å². The average Bonchev–Trinajstić information content (AvgIpc) is 2.47. The van der Waals surface area contributed by atoms with Gasteiger partial charge in [-0.15, -0.1) is 11.8 Å². The Balaban J connectivity index is 2.62. The maximum absolute atomic E-state index is 10.5. The van der Waals surface area contributed by atoms with Crippen molar-refractivity contribution in [3.8, 4) is 0 Å². The van der Waals surface area contributed by atoms with Crippen LogP contribution in [0.2, 0.25) is 0 Å². The van der Waals surface area contributed by atoms with E-state index in [1.54, 1.807) is 18.0 Å². The van der Waals surface area contributed by atoms with Crippen LogP contribution in [0.5, 0.6) is 0 Å². The molecule has 0 fully saturated rings. The van der Waals surface area contributed by atoms with Crippen LogP contribution in [0.3, 0.4) is 0 Å². The molecule has 0 saturated heterocycles. The zero-order valence-corrected chi connectivity index (χ0v) is 8.06. The Bertz CT molecular complexity index is 255. The summed E-state index contributed by atoms with van der Waals surface area (Å²) in [5, 5.41) is 0.0568. The summed E-state index contributed by atoms with van der Waals surface area (Å²) in [5.74, 6) is 0.889. The minimum Gasteiger partial charge on any atom is -0.468 e. The molecule has 0 N–H and O–H groups in total. The molecule has 12 heavy (non-hydrogen) atoms. The number of hydrogen-bond donors (Lipinski definition) is 0. The van der Waals surface area contributed by atoms with Crippen molar-refractivity contribution in [1.29, 1.82) is 0 Å². The van der Waals surface area contributed by atoms with Crippen molar-refractivity contribution >= 4 is 18.0 Å². The molecule has 0 aliphatic heterocycles. The maximum atomic E-state index is 10.5. The predicted octanol–water partition coefficient (Wildman–Crippen LogP) is 2.66. The summed E-state index contributed by atoms with van der Waals surface area (Å²) in [6.07, 6.45) is 3.49. The van der Waals surface area contributed by atoms with E-state index in [0.29, 0.717) is 0 Å². The van der Waals surface area contributed by atoms with Crippen LogP contribution in [-0.4, -0.2) is 11.5 Å².